The van der Waals surface area contributed by atoms with Crippen LogP contribution in [0.1, 0.15) is 61.7 Å². The van der Waals surface area contributed by atoms with E-state index in [1.165, 1.54) is 11.3 Å². The standard InChI is InChI=1S/C33H40N6O2/c1-20(2)19-41-30-9-7-8-22(5)31(30)39-32(24-10-12-25(13-11-24)36-33(34)40)26-18-38(15-14-27(26)37-39)29-16-28(21(3)4)35-17-23(29)6/h7-13,16-17,20-21H,14-15,18-19H2,1-6H3,(H3,34,36,40). The molecule has 0 bridgehead atoms. The van der Waals surface area contributed by atoms with Gasteiger partial charge in [0, 0.05) is 53.9 Å². The number of urea groups is 1. The summed E-state index contributed by atoms with van der Waals surface area (Å²) in [5, 5.41) is 7.88. The number of carbonyl (C=O) groups is 1. The highest BCUT2D eigenvalue weighted by molar-refractivity contribution is 5.88. The maximum atomic E-state index is 11.4. The quantitative estimate of drug-likeness (QED) is 0.252. The number of hydrogen-bond acceptors (Lipinski definition) is 5. The van der Waals surface area contributed by atoms with Gasteiger partial charge in [0.2, 0.25) is 0 Å². The highest BCUT2D eigenvalue weighted by Crippen LogP contribution is 2.38. The van der Waals surface area contributed by atoms with E-state index < -0.39 is 6.03 Å². The van der Waals surface area contributed by atoms with Crippen LogP contribution in [-0.2, 0) is 13.0 Å². The van der Waals surface area contributed by atoms with Crippen LogP contribution in [0.5, 0.6) is 5.75 Å². The smallest absolute Gasteiger partial charge is 0.316 e. The molecule has 0 saturated heterocycles. The average molecular weight is 553 g/mol. The molecule has 8 heteroatoms. The Morgan fingerprint density at radius 2 is 1.83 bits per heavy atom. The number of primary amides is 1. The molecule has 0 saturated carbocycles. The fourth-order valence-corrected chi connectivity index (χ4v) is 5.35. The predicted molar refractivity (Wildman–Crippen MR) is 165 cm³/mol. The summed E-state index contributed by atoms with van der Waals surface area (Å²) in [5.41, 5.74) is 15.8. The number of nitrogens with two attached hydrogens (primary N) is 1. The zero-order valence-electron chi connectivity index (χ0n) is 24.9. The maximum absolute atomic E-state index is 11.4. The van der Waals surface area contributed by atoms with Crippen molar-refractivity contribution in [1.82, 2.24) is 14.8 Å². The van der Waals surface area contributed by atoms with Gasteiger partial charge in [-0.1, -0.05) is 52.0 Å². The monoisotopic (exact) mass is 552 g/mol. The van der Waals surface area contributed by atoms with E-state index in [4.69, 9.17) is 15.6 Å². The summed E-state index contributed by atoms with van der Waals surface area (Å²) >= 11 is 0. The van der Waals surface area contributed by atoms with Crippen LogP contribution in [0.25, 0.3) is 16.9 Å². The number of amides is 2. The molecular formula is C33H40N6O2. The third-order valence-electron chi connectivity index (χ3n) is 7.47. The predicted octanol–water partition coefficient (Wildman–Crippen LogP) is 6.76. The van der Waals surface area contributed by atoms with Crippen molar-refractivity contribution >= 4 is 17.4 Å². The molecule has 214 valence electrons. The first-order valence-corrected chi connectivity index (χ1v) is 14.3. The third-order valence-corrected chi connectivity index (χ3v) is 7.47. The van der Waals surface area contributed by atoms with Crippen molar-refractivity contribution in [1.29, 1.82) is 0 Å². The minimum absolute atomic E-state index is 0.353. The van der Waals surface area contributed by atoms with Crippen LogP contribution >= 0.6 is 0 Å². The van der Waals surface area contributed by atoms with Crippen LogP contribution in [0.2, 0.25) is 0 Å². The summed E-state index contributed by atoms with van der Waals surface area (Å²) in [6, 6.07) is 15.6. The number of pyridine rings is 1. The number of para-hydroxylation sites is 1. The van der Waals surface area contributed by atoms with Crippen molar-refractivity contribution in [3.8, 4) is 22.7 Å². The molecule has 2 amide bonds. The molecule has 2 aromatic carbocycles. The molecule has 0 aliphatic carbocycles. The van der Waals surface area contributed by atoms with Crippen molar-refractivity contribution in [3.63, 3.8) is 0 Å². The number of rotatable bonds is 8. The molecule has 3 heterocycles. The van der Waals surface area contributed by atoms with Crippen LogP contribution < -0.4 is 20.7 Å². The van der Waals surface area contributed by atoms with E-state index in [0.717, 1.165) is 64.7 Å². The van der Waals surface area contributed by atoms with E-state index >= 15 is 0 Å². The summed E-state index contributed by atoms with van der Waals surface area (Å²) in [6.45, 7) is 15.1. The number of ether oxygens (including phenoxy) is 1. The molecule has 41 heavy (non-hydrogen) atoms. The van der Waals surface area contributed by atoms with Crippen LogP contribution in [-0.4, -0.2) is 33.9 Å². The Bertz CT molecular complexity index is 1550. The number of anilines is 2. The van der Waals surface area contributed by atoms with E-state index in [9.17, 15) is 4.79 Å². The highest BCUT2D eigenvalue weighted by atomic mass is 16.5. The van der Waals surface area contributed by atoms with Crippen molar-refractivity contribution in [2.24, 2.45) is 11.7 Å². The van der Waals surface area contributed by atoms with Gasteiger partial charge in [0.1, 0.15) is 11.4 Å². The molecule has 1 aliphatic rings. The van der Waals surface area contributed by atoms with Crippen molar-refractivity contribution in [2.75, 3.05) is 23.4 Å². The Balaban J connectivity index is 1.65. The summed E-state index contributed by atoms with van der Waals surface area (Å²) in [6.07, 6.45) is 2.81. The van der Waals surface area contributed by atoms with Gasteiger partial charge in [-0.2, -0.15) is 5.10 Å². The van der Waals surface area contributed by atoms with E-state index in [-0.39, 0.29) is 0 Å². The number of aromatic nitrogens is 3. The molecule has 0 atom stereocenters. The van der Waals surface area contributed by atoms with Gasteiger partial charge in [0.25, 0.3) is 0 Å². The number of aryl methyl sites for hydroxylation is 2. The number of fused-ring (bicyclic) bond motifs is 1. The largest absolute Gasteiger partial charge is 0.491 e. The second kappa shape index (κ2) is 11.6. The summed E-state index contributed by atoms with van der Waals surface area (Å²) in [7, 11) is 0. The van der Waals surface area contributed by atoms with Gasteiger partial charge >= 0.3 is 6.03 Å². The van der Waals surface area contributed by atoms with Gasteiger partial charge in [-0.25, -0.2) is 9.48 Å². The molecule has 3 N–H and O–H groups in total. The first-order chi connectivity index (χ1) is 19.6. The Morgan fingerprint density at radius 3 is 2.51 bits per heavy atom. The Morgan fingerprint density at radius 1 is 1.07 bits per heavy atom. The summed E-state index contributed by atoms with van der Waals surface area (Å²) < 4.78 is 8.39. The topological polar surface area (TPSA) is 98.3 Å². The molecule has 0 radical (unpaired) electrons. The van der Waals surface area contributed by atoms with E-state index in [1.54, 1.807) is 0 Å². The fourth-order valence-electron chi connectivity index (χ4n) is 5.35. The second-order valence-corrected chi connectivity index (χ2v) is 11.6. The molecular weight excluding hydrogens is 512 g/mol. The van der Waals surface area contributed by atoms with Gasteiger partial charge in [-0.3, -0.25) is 4.98 Å². The molecule has 0 unspecified atom stereocenters. The van der Waals surface area contributed by atoms with Crippen LogP contribution in [0.15, 0.2) is 54.7 Å². The van der Waals surface area contributed by atoms with Crippen LogP contribution in [0.4, 0.5) is 16.2 Å². The molecule has 1 aliphatic heterocycles. The van der Waals surface area contributed by atoms with Gasteiger partial charge in [-0.05, 0) is 61.1 Å². The number of hydrogen-bond donors (Lipinski definition) is 2. The van der Waals surface area contributed by atoms with Gasteiger partial charge in [0.15, 0.2) is 0 Å². The molecule has 2 aromatic heterocycles. The van der Waals surface area contributed by atoms with Crippen molar-refractivity contribution in [3.05, 3.63) is 82.8 Å². The Labute approximate surface area is 242 Å². The zero-order chi connectivity index (χ0) is 29.3. The van der Waals surface area contributed by atoms with E-state index in [2.05, 4.69) is 73.6 Å². The van der Waals surface area contributed by atoms with Gasteiger partial charge < -0.3 is 20.7 Å². The molecule has 4 aromatic rings. The molecule has 5 rings (SSSR count). The van der Waals surface area contributed by atoms with Crippen LogP contribution in [0, 0.1) is 19.8 Å². The Hall–Kier alpha value is -4.33. The fraction of sp³-hybridized carbons (Fsp3) is 0.364. The number of nitrogens with zero attached hydrogens (tertiary/aromatic N) is 4. The first-order valence-electron chi connectivity index (χ1n) is 14.3. The lowest BCUT2D eigenvalue weighted by atomic mass is 9.99. The SMILES string of the molecule is Cc1cnc(C(C)C)cc1N1CCc2nn(-c3c(C)cccc3OCC(C)C)c(-c3ccc(NC(N)=O)cc3)c2C1. The highest BCUT2D eigenvalue weighted by Gasteiger charge is 2.29. The van der Waals surface area contributed by atoms with Gasteiger partial charge in [-0.15, -0.1) is 0 Å². The van der Waals surface area contributed by atoms with Crippen LogP contribution in [0.3, 0.4) is 0 Å². The average Bonchev–Trinajstić information content (AvgIpc) is 3.30. The summed E-state index contributed by atoms with van der Waals surface area (Å²) in [4.78, 5) is 18.5. The number of nitrogens with one attached hydrogen (secondary N) is 1. The van der Waals surface area contributed by atoms with E-state index in [0.29, 0.717) is 24.1 Å². The third kappa shape index (κ3) is 5.92. The number of benzene rings is 2. The minimum atomic E-state index is -0.587. The second-order valence-electron chi connectivity index (χ2n) is 11.6. The maximum Gasteiger partial charge on any atom is 0.316 e. The lowest BCUT2D eigenvalue weighted by molar-refractivity contribution is 0.259. The lowest BCUT2D eigenvalue weighted by Gasteiger charge is -2.30. The number of carbonyl (C=O) groups excluding carboxylic acids is 1. The molecule has 8 nitrogen and oxygen atoms in total. The summed E-state index contributed by atoms with van der Waals surface area (Å²) in [5.74, 6) is 1.56. The van der Waals surface area contributed by atoms with E-state index in [1.807, 2.05) is 42.6 Å². The Kier molecular flexibility index (Phi) is 8.01. The lowest BCUT2D eigenvalue weighted by Crippen LogP contribution is -2.31. The normalized spacial score (nSPS) is 13.0. The molecule has 0 fully saturated rings. The minimum Gasteiger partial charge on any atom is -0.491 e. The van der Waals surface area contributed by atoms with Crippen molar-refractivity contribution in [2.45, 2.75) is 60.4 Å². The zero-order valence-corrected chi connectivity index (χ0v) is 24.9. The molecule has 0 spiro atoms. The van der Waals surface area contributed by atoms with Crippen molar-refractivity contribution < 1.29 is 9.53 Å². The van der Waals surface area contributed by atoms with Gasteiger partial charge in [0.05, 0.1) is 18.0 Å². The first kappa shape index (κ1) is 28.2.